The van der Waals surface area contributed by atoms with E-state index in [9.17, 15) is 9.59 Å². The van der Waals surface area contributed by atoms with Gasteiger partial charge in [-0.1, -0.05) is 30.3 Å². The van der Waals surface area contributed by atoms with Crippen LogP contribution in [0.5, 0.6) is 0 Å². The van der Waals surface area contributed by atoms with Gasteiger partial charge in [0.25, 0.3) is 5.91 Å². The molecule has 0 bridgehead atoms. The number of ether oxygens (including phenoxy) is 2. The molecule has 0 aliphatic carbocycles. The number of nitrogens with one attached hydrogen (secondary N) is 1. The van der Waals surface area contributed by atoms with Gasteiger partial charge in [0.2, 0.25) is 0 Å². The minimum atomic E-state index is -0.544. The topological polar surface area (TPSA) is 98.6 Å². The molecule has 2 heterocycles. The van der Waals surface area contributed by atoms with Crippen LogP contribution < -0.4 is 5.32 Å². The van der Waals surface area contributed by atoms with Crippen LogP contribution in [-0.4, -0.2) is 57.2 Å². The summed E-state index contributed by atoms with van der Waals surface area (Å²) in [5.74, 6) is -0.352. The molecule has 1 saturated heterocycles. The van der Waals surface area contributed by atoms with Gasteiger partial charge in [0.1, 0.15) is 11.7 Å². The van der Waals surface area contributed by atoms with Gasteiger partial charge in [0.05, 0.1) is 25.0 Å². The van der Waals surface area contributed by atoms with Gasteiger partial charge in [0, 0.05) is 12.2 Å². The molecule has 0 spiro atoms. The Bertz CT molecular complexity index is 1110. The van der Waals surface area contributed by atoms with Gasteiger partial charge in [-0.25, -0.2) is 4.79 Å². The van der Waals surface area contributed by atoms with Gasteiger partial charge in [-0.3, -0.25) is 4.79 Å². The van der Waals surface area contributed by atoms with Crippen LogP contribution in [0.2, 0.25) is 0 Å². The quantitative estimate of drug-likeness (QED) is 0.650. The third-order valence-corrected chi connectivity index (χ3v) is 4.97. The van der Waals surface area contributed by atoms with Crippen molar-refractivity contribution in [1.82, 2.24) is 19.9 Å². The van der Waals surface area contributed by atoms with E-state index in [0.717, 1.165) is 11.3 Å². The van der Waals surface area contributed by atoms with E-state index in [-0.39, 0.29) is 23.8 Å². The number of amides is 2. The van der Waals surface area contributed by atoms with Crippen LogP contribution in [0.25, 0.3) is 5.69 Å². The number of hydrogen-bond donors (Lipinski definition) is 1. The van der Waals surface area contributed by atoms with Gasteiger partial charge in [-0.15, -0.1) is 5.10 Å². The Kier molecular flexibility index (Phi) is 6.41. The molecular formula is C24H27N5O4. The van der Waals surface area contributed by atoms with Crippen molar-refractivity contribution in [3.63, 3.8) is 0 Å². The molecule has 0 saturated carbocycles. The zero-order chi connectivity index (χ0) is 23.4. The Balaban J connectivity index is 1.37. The Hall–Kier alpha value is -3.72. The van der Waals surface area contributed by atoms with Gasteiger partial charge in [-0.05, 0) is 50.6 Å². The number of rotatable bonds is 4. The van der Waals surface area contributed by atoms with E-state index in [1.165, 1.54) is 11.0 Å². The molecule has 1 atom stereocenters. The van der Waals surface area contributed by atoms with Crippen molar-refractivity contribution < 1.29 is 19.1 Å². The molecule has 1 N–H and O–H groups in total. The lowest BCUT2D eigenvalue weighted by Crippen LogP contribution is -2.44. The molecule has 4 rings (SSSR count). The van der Waals surface area contributed by atoms with E-state index in [2.05, 4.69) is 15.5 Å². The number of aromatic nitrogens is 3. The fourth-order valence-corrected chi connectivity index (χ4v) is 3.37. The van der Waals surface area contributed by atoms with Crippen LogP contribution in [0.4, 0.5) is 10.5 Å². The Morgan fingerprint density at radius 1 is 1.09 bits per heavy atom. The first-order valence-corrected chi connectivity index (χ1v) is 10.8. The molecule has 2 amide bonds. The predicted octanol–water partition coefficient (Wildman–Crippen LogP) is 3.83. The van der Waals surface area contributed by atoms with Crippen molar-refractivity contribution in [2.24, 2.45) is 0 Å². The van der Waals surface area contributed by atoms with E-state index in [1.807, 2.05) is 63.2 Å². The third kappa shape index (κ3) is 5.75. The summed E-state index contributed by atoms with van der Waals surface area (Å²) in [4.78, 5) is 28.0. The molecule has 3 aromatic rings. The summed E-state index contributed by atoms with van der Waals surface area (Å²) in [6.45, 7) is 6.86. The van der Waals surface area contributed by atoms with Gasteiger partial charge >= 0.3 is 6.09 Å². The van der Waals surface area contributed by atoms with E-state index in [4.69, 9.17) is 9.47 Å². The SMILES string of the molecule is CC(C)(C)OC(=O)N1CCOC(c2ccc(NC(=O)c3cnn(-c4ccccc4)n3)cc2)C1. The number of benzene rings is 2. The van der Waals surface area contributed by atoms with E-state index in [1.54, 1.807) is 17.0 Å². The van der Waals surface area contributed by atoms with Crippen molar-refractivity contribution in [2.75, 3.05) is 25.0 Å². The molecule has 2 aromatic carbocycles. The highest BCUT2D eigenvalue weighted by Crippen LogP contribution is 2.25. The Morgan fingerprint density at radius 3 is 2.52 bits per heavy atom. The third-order valence-electron chi connectivity index (χ3n) is 4.97. The summed E-state index contributed by atoms with van der Waals surface area (Å²) < 4.78 is 11.3. The Morgan fingerprint density at radius 2 is 1.82 bits per heavy atom. The zero-order valence-electron chi connectivity index (χ0n) is 18.9. The maximum Gasteiger partial charge on any atom is 0.410 e. The number of hydrogen-bond acceptors (Lipinski definition) is 6. The summed E-state index contributed by atoms with van der Waals surface area (Å²) in [6, 6.07) is 16.7. The fraction of sp³-hybridized carbons (Fsp3) is 0.333. The molecule has 9 heteroatoms. The maximum atomic E-state index is 12.6. The highest BCUT2D eigenvalue weighted by atomic mass is 16.6. The summed E-state index contributed by atoms with van der Waals surface area (Å²) in [5.41, 5.74) is 1.98. The second kappa shape index (κ2) is 9.41. The molecular weight excluding hydrogens is 422 g/mol. The normalized spacial score (nSPS) is 16.3. The summed E-state index contributed by atoms with van der Waals surface area (Å²) >= 11 is 0. The number of nitrogens with zero attached hydrogens (tertiary/aromatic N) is 4. The maximum absolute atomic E-state index is 12.6. The van der Waals surface area contributed by atoms with Crippen molar-refractivity contribution in [3.8, 4) is 5.69 Å². The summed E-state index contributed by atoms with van der Waals surface area (Å²) in [5, 5.41) is 11.2. The lowest BCUT2D eigenvalue weighted by Gasteiger charge is -2.34. The first-order valence-electron chi connectivity index (χ1n) is 10.8. The number of morpholine rings is 1. The molecule has 9 nitrogen and oxygen atoms in total. The average molecular weight is 450 g/mol. The highest BCUT2D eigenvalue weighted by Gasteiger charge is 2.29. The first-order chi connectivity index (χ1) is 15.8. The van der Waals surface area contributed by atoms with Gasteiger partial charge in [0.15, 0.2) is 5.69 Å². The number of anilines is 1. The van der Waals surface area contributed by atoms with Crippen LogP contribution in [0, 0.1) is 0 Å². The molecule has 1 aliphatic rings. The van der Waals surface area contributed by atoms with Crippen molar-refractivity contribution in [2.45, 2.75) is 32.5 Å². The lowest BCUT2D eigenvalue weighted by molar-refractivity contribution is -0.0432. The minimum absolute atomic E-state index is 0.214. The van der Waals surface area contributed by atoms with Crippen LogP contribution in [0.3, 0.4) is 0 Å². The smallest absolute Gasteiger partial charge is 0.410 e. The van der Waals surface area contributed by atoms with Crippen molar-refractivity contribution in [3.05, 3.63) is 72.1 Å². The fourth-order valence-electron chi connectivity index (χ4n) is 3.37. The summed E-state index contributed by atoms with van der Waals surface area (Å²) in [7, 11) is 0. The first kappa shape index (κ1) is 22.5. The average Bonchev–Trinajstić information content (AvgIpc) is 3.30. The van der Waals surface area contributed by atoms with Crippen LogP contribution in [0.15, 0.2) is 60.8 Å². The molecule has 1 aromatic heterocycles. The van der Waals surface area contributed by atoms with E-state index in [0.29, 0.717) is 25.4 Å². The second-order valence-corrected chi connectivity index (χ2v) is 8.72. The van der Waals surface area contributed by atoms with E-state index < -0.39 is 5.60 Å². The predicted molar refractivity (Wildman–Crippen MR) is 122 cm³/mol. The second-order valence-electron chi connectivity index (χ2n) is 8.72. The van der Waals surface area contributed by atoms with Crippen LogP contribution in [-0.2, 0) is 9.47 Å². The highest BCUT2D eigenvalue weighted by molar-refractivity contribution is 6.02. The zero-order valence-corrected chi connectivity index (χ0v) is 18.9. The molecule has 1 fully saturated rings. The van der Waals surface area contributed by atoms with Gasteiger partial charge in [-0.2, -0.15) is 9.90 Å². The van der Waals surface area contributed by atoms with Crippen LogP contribution >= 0.6 is 0 Å². The molecule has 33 heavy (non-hydrogen) atoms. The number of carbonyl (C=O) groups is 2. The lowest BCUT2D eigenvalue weighted by atomic mass is 10.1. The molecule has 1 unspecified atom stereocenters. The Labute approximate surface area is 192 Å². The summed E-state index contributed by atoms with van der Waals surface area (Å²) in [6.07, 6.45) is 0.822. The molecule has 1 aliphatic heterocycles. The largest absolute Gasteiger partial charge is 0.444 e. The van der Waals surface area contributed by atoms with E-state index >= 15 is 0 Å². The minimum Gasteiger partial charge on any atom is -0.444 e. The number of para-hydroxylation sites is 1. The number of carbonyl (C=O) groups excluding carboxylic acids is 2. The van der Waals surface area contributed by atoms with Gasteiger partial charge < -0.3 is 19.7 Å². The van der Waals surface area contributed by atoms with Crippen molar-refractivity contribution in [1.29, 1.82) is 0 Å². The van der Waals surface area contributed by atoms with Crippen LogP contribution in [0.1, 0.15) is 42.9 Å². The van der Waals surface area contributed by atoms with Crippen molar-refractivity contribution >= 4 is 17.7 Å². The monoisotopic (exact) mass is 449 g/mol. The molecule has 172 valence electrons. The standard InChI is InChI=1S/C24H27N5O4/c1-24(2,3)33-23(31)28-13-14-32-21(16-28)17-9-11-18(12-10-17)26-22(30)20-15-25-29(27-20)19-7-5-4-6-8-19/h4-12,15,21H,13-14,16H2,1-3H3,(H,26,30). The molecule has 0 radical (unpaired) electrons.